The van der Waals surface area contributed by atoms with Gasteiger partial charge >= 0.3 is 0 Å². The van der Waals surface area contributed by atoms with Gasteiger partial charge in [-0.3, -0.25) is 0 Å². The Kier molecular flexibility index (Phi) is 5.17. The van der Waals surface area contributed by atoms with Gasteiger partial charge in [-0.2, -0.15) is 0 Å². The summed E-state index contributed by atoms with van der Waals surface area (Å²) in [5.74, 6) is 0.669. The number of hydrogen-bond donors (Lipinski definition) is 1. The predicted octanol–water partition coefficient (Wildman–Crippen LogP) is 3.86. The van der Waals surface area contributed by atoms with Gasteiger partial charge in [0.25, 0.3) is 0 Å². The first-order chi connectivity index (χ1) is 10.2. The molecule has 0 heterocycles. The van der Waals surface area contributed by atoms with Crippen molar-refractivity contribution in [2.45, 2.75) is 26.1 Å². The number of rotatable bonds is 6. The van der Waals surface area contributed by atoms with E-state index in [0.717, 1.165) is 0 Å². The lowest BCUT2D eigenvalue weighted by Gasteiger charge is -2.15. The summed E-state index contributed by atoms with van der Waals surface area (Å²) in [6, 6.07) is 11.9. The third kappa shape index (κ3) is 3.73. The molecular weight excluding hydrogens is 271 g/mol. The third-order valence-corrected chi connectivity index (χ3v) is 3.31. The quantitative estimate of drug-likeness (QED) is 0.878. The highest BCUT2D eigenvalue weighted by Gasteiger charge is 2.12. The van der Waals surface area contributed by atoms with Crippen molar-refractivity contribution in [2.75, 3.05) is 7.11 Å². The van der Waals surface area contributed by atoms with Crippen molar-refractivity contribution >= 4 is 0 Å². The Morgan fingerprint density at radius 3 is 2.62 bits per heavy atom. The lowest BCUT2D eigenvalue weighted by Crippen LogP contribution is -2.03. The van der Waals surface area contributed by atoms with E-state index in [-0.39, 0.29) is 12.4 Å². The molecule has 21 heavy (non-hydrogen) atoms. The van der Waals surface area contributed by atoms with Gasteiger partial charge in [0.2, 0.25) is 0 Å². The van der Waals surface area contributed by atoms with Crippen LogP contribution in [0.5, 0.6) is 11.5 Å². The molecule has 0 fully saturated rings. The molecule has 112 valence electrons. The van der Waals surface area contributed by atoms with Crippen molar-refractivity contribution in [3.8, 4) is 11.5 Å². The molecule has 0 spiro atoms. The highest BCUT2D eigenvalue weighted by molar-refractivity contribution is 5.35. The third-order valence-electron chi connectivity index (χ3n) is 3.31. The van der Waals surface area contributed by atoms with Crippen molar-refractivity contribution in [2.24, 2.45) is 0 Å². The van der Waals surface area contributed by atoms with Gasteiger partial charge in [0.15, 0.2) is 0 Å². The first-order valence-corrected chi connectivity index (χ1v) is 6.88. The van der Waals surface area contributed by atoms with E-state index in [9.17, 15) is 9.50 Å². The van der Waals surface area contributed by atoms with Crippen LogP contribution in [0.15, 0.2) is 42.5 Å². The van der Waals surface area contributed by atoms with Gasteiger partial charge in [-0.25, -0.2) is 4.39 Å². The number of hydrogen-bond acceptors (Lipinski definition) is 3. The molecule has 0 aromatic heterocycles. The Bertz CT molecular complexity index is 598. The molecule has 0 aliphatic rings. The molecule has 2 rings (SSSR count). The highest BCUT2D eigenvalue weighted by Crippen LogP contribution is 2.28. The van der Waals surface area contributed by atoms with E-state index in [1.54, 1.807) is 18.2 Å². The Labute approximate surface area is 124 Å². The van der Waals surface area contributed by atoms with Gasteiger partial charge in [-0.05, 0) is 24.6 Å². The Morgan fingerprint density at radius 1 is 1.19 bits per heavy atom. The molecule has 0 saturated heterocycles. The molecule has 1 N–H and O–H groups in total. The largest absolute Gasteiger partial charge is 0.497 e. The Balaban J connectivity index is 2.13. The fourth-order valence-corrected chi connectivity index (χ4v) is 2.03. The van der Waals surface area contributed by atoms with Crippen molar-refractivity contribution in [3.05, 3.63) is 59.4 Å². The Hall–Kier alpha value is -2.07. The summed E-state index contributed by atoms with van der Waals surface area (Å²) in [5.41, 5.74) is 1.16. The maximum Gasteiger partial charge on any atom is 0.133 e. The first-order valence-electron chi connectivity index (χ1n) is 6.88. The van der Waals surface area contributed by atoms with Crippen LogP contribution in [-0.2, 0) is 6.61 Å². The minimum absolute atomic E-state index is 0.100. The number of ether oxygens (including phenoxy) is 2. The summed E-state index contributed by atoms with van der Waals surface area (Å²) in [6.07, 6.45) is 0.0130. The van der Waals surface area contributed by atoms with Gasteiger partial charge in [0.1, 0.15) is 23.9 Å². The topological polar surface area (TPSA) is 38.7 Å². The van der Waals surface area contributed by atoms with Crippen LogP contribution in [0.25, 0.3) is 0 Å². The average Bonchev–Trinajstić information content (AvgIpc) is 2.53. The van der Waals surface area contributed by atoms with Crippen LogP contribution in [0, 0.1) is 5.82 Å². The van der Waals surface area contributed by atoms with E-state index in [1.165, 1.54) is 13.2 Å². The molecule has 0 aliphatic carbocycles. The predicted molar refractivity (Wildman–Crippen MR) is 79.0 cm³/mol. The van der Waals surface area contributed by atoms with Gasteiger partial charge in [0, 0.05) is 17.2 Å². The molecule has 0 radical (unpaired) electrons. The van der Waals surface area contributed by atoms with E-state index in [1.807, 2.05) is 25.1 Å². The number of benzene rings is 2. The molecule has 0 bridgehead atoms. The van der Waals surface area contributed by atoms with Gasteiger partial charge < -0.3 is 14.6 Å². The zero-order chi connectivity index (χ0) is 15.2. The summed E-state index contributed by atoms with van der Waals surface area (Å²) in [4.78, 5) is 0. The molecule has 3 nitrogen and oxygen atoms in total. The van der Waals surface area contributed by atoms with Crippen LogP contribution in [0.3, 0.4) is 0 Å². The van der Waals surface area contributed by atoms with Crippen molar-refractivity contribution in [1.82, 2.24) is 0 Å². The second-order valence-electron chi connectivity index (χ2n) is 4.71. The number of aliphatic hydroxyl groups is 1. The number of halogens is 1. The van der Waals surface area contributed by atoms with Crippen LogP contribution in [0.2, 0.25) is 0 Å². The lowest BCUT2D eigenvalue weighted by molar-refractivity contribution is 0.166. The summed E-state index contributed by atoms with van der Waals surface area (Å²) >= 11 is 0. The summed E-state index contributed by atoms with van der Waals surface area (Å²) < 4.78 is 24.5. The molecule has 1 atom stereocenters. The minimum Gasteiger partial charge on any atom is -0.497 e. The molecule has 0 aliphatic heterocycles. The van der Waals surface area contributed by atoms with Crippen molar-refractivity contribution in [1.29, 1.82) is 0 Å². The standard InChI is InChI=1S/C17H19FO3/c1-3-16(19)14-6-4-5-7-17(14)21-11-12-8-9-13(20-2)10-15(12)18/h4-10,16,19H,3,11H2,1-2H3/t16-/m1/s1. The smallest absolute Gasteiger partial charge is 0.133 e. The normalized spacial score (nSPS) is 12.0. The maximum atomic E-state index is 13.9. The van der Waals surface area contributed by atoms with E-state index >= 15 is 0 Å². The number of para-hydroxylation sites is 1. The van der Waals surface area contributed by atoms with Crippen LogP contribution in [0.1, 0.15) is 30.6 Å². The van der Waals surface area contributed by atoms with Crippen LogP contribution in [0.4, 0.5) is 4.39 Å². The maximum absolute atomic E-state index is 13.9. The molecule has 0 saturated carbocycles. The molecule has 2 aromatic rings. The lowest BCUT2D eigenvalue weighted by atomic mass is 10.1. The number of methoxy groups -OCH3 is 1. The van der Waals surface area contributed by atoms with Crippen LogP contribution in [-0.4, -0.2) is 12.2 Å². The monoisotopic (exact) mass is 290 g/mol. The SMILES string of the molecule is CC[C@@H](O)c1ccccc1OCc1ccc(OC)cc1F. The second-order valence-corrected chi connectivity index (χ2v) is 4.71. The Morgan fingerprint density at radius 2 is 1.95 bits per heavy atom. The molecule has 4 heteroatoms. The van der Waals surface area contributed by atoms with Gasteiger partial charge in [0.05, 0.1) is 13.2 Å². The molecular formula is C17H19FO3. The minimum atomic E-state index is -0.582. The fourth-order valence-electron chi connectivity index (χ4n) is 2.03. The van der Waals surface area contributed by atoms with E-state index in [0.29, 0.717) is 29.0 Å². The summed E-state index contributed by atoms with van der Waals surface area (Å²) in [7, 11) is 1.49. The van der Waals surface area contributed by atoms with Crippen molar-refractivity contribution < 1.29 is 19.0 Å². The summed E-state index contributed by atoms with van der Waals surface area (Å²) in [6.45, 7) is 1.99. The van der Waals surface area contributed by atoms with E-state index < -0.39 is 6.10 Å². The molecule has 2 aromatic carbocycles. The molecule has 0 unspecified atom stereocenters. The molecule has 0 amide bonds. The summed E-state index contributed by atoms with van der Waals surface area (Å²) in [5, 5.41) is 9.96. The van der Waals surface area contributed by atoms with E-state index in [4.69, 9.17) is 9.47 Å². The fraction of sp³-hybridized carbons (Fsp3) is 0.294. The van der Waals surface area contributed by atoms with E-state index in [2.05, 4.69) is 0 Å². The highest BCUT2D eigenvalue weighted by atomic mass is 19.1. The van der Waals surface area contributed by atoms with Gasteiger partial charge in [-0.1, -0.05) is 25.1 Å². The van der Waals surface area contributed by atoms with Crippen LogP contribution >= 0.6 is 0 Å². The zero-order valence-electron chi connectivity index (χ0n) is 12.2. The average molecular weight is 290 g/mol. The number of aliphatic hydroxyl groups excluding tert-OH is 1. The second kappa shape index (κ2) is 7.09. The zero-order valence-corrected chi connectivity index (χ0v) is 12.2. The van der Waals surface area contributed by atoms with Crippen molar-refractivity contribution in [3.63, 3.8) is 0 Å². The first kappa shape index (κ1) is 15.3. The van der Waals surface area contributed by atoms with Gasteiger partial charge in [-0.15, -0.1) is 0 Å². The van der Waals surface area contributed by atoms with Crippen LogP contribution < -0.4 is 9.47 Å².